The maximum atomic E-state index is 12.5. The van der Waals surface area contributed by atoms with Gasteiger partial charge in [-0.05, 0) is 32.0 Å². The number of H-pyrrole nitrogens is 1. The first-order valence-corrected chi connectivity index (χ1v) is 9.34. The highest BCUT2D eigenvalue weighted by molar-refractivity contribution is 6.04. The van der Waals surface area contributed by atoms with Crippen molar-refractivity contribution in [2.24, 2.45) is 5.10 Å². The molecule has 29 heavy (non-hydrogen) atoms. The van der Waals surface area contributed by atoms with Crippen molar-refractivity contribution in [3.05, 3.63) is 63.6 Å². The summed E-state index contributed by atoms with van der Waals surface area (Å²) in [4.78, 5) is 24.4. The highest BCUT2D eigenvalue weighted by Gasteiger charge is 2.21. The molecule has 0 saturated carbocycles. The standard InChI is InChI=1S/C21H20N4O4/c1-3-28-17-9-13-8-12(2)29-18(13)10-14(17)11-22-24-21(27)19-15-6-4-5-7-16(15)20(26)25-23-19/h4-7,9-12H,3,8H2,1-2H3,(H,24,27)(H,25,26)/b22-11-/t12-/m1/s1. The molecular formula is C21H20N4O4. The van der Waals surface area contributed by atoms with E-state index in [4.69, 9.17) is 9.47 Å². The van der Waals surface area contributed by atoms with Crippen LogP contribution in [0.4, 0.5) is 0 Å². The van der Waals surface area contributed by atoms with E-state index >= 15 is 0 Å². The number of nitrogens with zero attached hydrogens (tertiary/aromatic N) is 2. The third-order valence-electron chi connectivity index (χ3n) is 4.61. The first kappa shape index (κ1) is 18.7. The lowest BCUT2D eigenvalue weighted by molar-refractivity contribution is 0.0951. The SMILES string of the molecule is CCOc1cc2c(cc1/C=N\NC(=O)c1n[nH]c(=O)c3ccccc13)O[C@H](C)C2. The summed E-state index contributed by atoms with van der Waals surface area (Å²) in [5.41, 5.74) is 3.98. The number of aromatic amines is 1. The van der Waals surface area contributed by atoms with Gasteiger partial charge in [0.1, 0.15) is 17.6 Å². The normalized spacial score (nSPS) is 15.3. The highest BCUT2D eigenvalue weighted by Crippen LogP contribution is 2.34. The summed E-state index contributed by atoms with van der Waals surface area (Å²) >= 11 is 0. The summed E-state index contributed by atoms with van der Waals surface area (Å²) < 4.78 is 11.5. The third kappa shape index (κ3) is 3.69. The number of benzene rings is 2. The van der Waals surface area contributed by atoms with Gasteiger partial charge in [0.15, 0.2) is 5.69 Å². The second kappa shape index (κ2) is 7.75. The Bertz CT molecular complexity index is 1170. The van der Waals surface area contributed by atoms with E-state index in [1.807, 2.05) is 26.0 Å². The minimum absolute atomic E-state index is 0.0912. The summed E-state index contributed by atoms with van der Waals surface area (Å²) in [5.74, 6) is 0.939. The maximum absolute atomic E-state index is 12.5. The lowest BCUT2D eigenvalue weighted by Gasteiger charge is -2.09. The Morgan fingerprint density at radius 2 is 2.17 bits per heavy atom. The number of ether oxygens (including phenoxy) is 2. The number of amides is 1. The molecule has 8 heteroatoms. The lowest BCUT2D eigenvalue weighted by atomic mass is 10.1. The average molecular weight is 392 g/mol. The number of nitrogens with one attached hydrogen (secondary N) is 2. The van der Waals surface area contributed by atoms with E-state index in [9.17, 15) is 9.59 Å². The van der Waals surface area contributed by atoms with Crippen LogP contribution in [0.1, 0.15) is 35.5 Å². The quantitative estimate of drug-likeness (QED) is 0.512. The van der Waals surface area contributed by atoms with Crippen LogP contribution in [0.25, 0.3) is 10.8 Å². The van der Waals surface area contributed by atoms with Gasteiger partial charge in [-0.2, -0.15) is 10.2 Å². The minimum atomic E-state index is -0.530. The molecule has 3 aromatic rings. The Labute approximate surface area is 166 Å². The number of fused-ring (bicyclic) bond motifs is 2. The van der Waals surface area contributed by atoms with Gasteiger partial charge in [0.2, 0.25) is 0 Å². The predicted octanol–water partition coefficient (Wildman–Crippen LogP) is 2.41. The van der Waals surface area contributed by atoms with Crippen molar-refractivity contribution >= 4 is 22.9 Å². The van der Waals surface area contributed by atoms with Crippen LogP contribution in [0.2, 0.25) is 0 Å². The van der Waals surface area contributed by atoms with E-state index < -0.39 is 5.91 Å². The molecule has 2 aromatic carbocycles. The van der Waals surface area contributed by atoms with Gasteiger partial charge in [0.25, 0.3) is 11.5 Å². The maximum Gasteiger partial charge on any atom is 0.292 e. The Morgan fingerprint density at radius 3 is 2.97 bits per heavy atom. The first-order valence-electron chi connectivity index (χ1n) is 9.34. The van der Waals surface area contributed by atoms with Crippen LogP contribution in [0.3, 0.4) is 0 Å². The zero-order valence-electron chi connectivity index (χ0n) is 16.1. The highest BCUT2D eigenvalue weighted by atomic mass is 16.5. The number of hydrogen-bond donors (Lipinski definition) is 2. The molecule has 1 aliphatic heterocycles. The number of hydrogen-bond acceptors (Lipinski definition) is 6. The van der Waals surface area contributed by atoms with Crippen molar-refractivity contribution < 1.29 is 14.3 Å². The Morgan fingerprint density at radius 1 is 1.38 bits per heavy atom. The van der Waals surface area contributed by atoms with Crippen molar-refractivity contribution in [3.63, 3.8) is 0 Å². The van der Waals surface area contributed by atoms with Crippen molar-refractivity contribution in [1.29, 1.82) is 0 Å². The fourth-order valence-electron chi connectivity index (χ4n) is 3.34. The molecule has 1 aliphatic rings. The monoisotopic (exact) mass is 392 g/mol. The fourth-order valence-corrected chi connectivity index (χ4v) is 3.34. The van der Waals surface area contributed by atoms with E-state index in [2.05, 4.69) is 20.7 Å². The molecule has 0 aliphatic carbocycles. The Hall–Kier alpha value is -3.68. The van der Waals surface area contributed by atoms with Gasteiger partial charge in [0, 0.05) is 22.9 Å². The van der Waals surface area contributed by atoms with Gasteiger partial charge < -0.3 is 9.47 Å². The van der Waals surface area contributed by atoms with Crippen molar-refractivity contribution in [2.75, 3.05) is 6.61 Å². The van der Waals surface area contributed by atoms with E-state index in [-0.39, 0.29) is 17.4 Å². The van der Waals surface area contributed by atoms with Gasteiger partial charge >= 0.3 is 0 Å². The predicted molar refractivity (Wildman–Crippen MR) is 109 cm³/mol. The van der Waals surface area contributed by atoms with Crippen LogP contribution >= 0.6 is 0 Å². The van der Waals surface area contributed by atoms with E-state index in [1.54, 1.807) is 24.3 Å². The van der Waals surface area contributed by atoms with Crippen LogP contribution in [0.5, 0.6) is 11.5 Å². The van der Waals surface area contributed by atoms with Gasteiger partial charge in [0.05, 0.1) is 18.2 Å². The molecule has 1 atom stereocenters. The smallest absolute Gasteiger partial charge is 0.292 e. The average Bonchev–Trinajstić information content (AvgIpc) is 3.07. The molecule has 4 rings (SSSR count). The Balaban J connectivity index is 1.58. The minimum Gasteiger partial charge on any atom is -0.493 e. The van der Waals surface area contributed by atoms with Crippen LogP contribution in [-0.4, -0.2) is 35.0 Å². The summed E-state index contributed by atoms with van der Waals surface area (Å²) in [6.45, 7) is 4.42. The third-order valence-corrected chi connectivity index (χ3v) is 4.61. The van der Waals surface area contributed by atoms with E-state index in [1.165, 1.54) is 6.21 Å². The molecule has 1 amide bonds. The Kier molecular flexibility index (Phi) is 4.99. The molecule has 2 heterocycles. The van der Waals surface area contributed by atoms with E-state index in [0.717, 1.165) is 17.7 Å². The molecule has 0 saturated heterocycles. The first-order chi connectivity index (χ1) is 14.1. The summed E-state index contributed by atoms with van der Waals surface area (Å²) in [6, 6.07) is 10.6. The second-order valence-corrected chi connectivity index (χ2v) is 6.71. The van der Waals surface area contributed by atoms with Gasteiger partial charge in [-0.15, -0.1) is 0 Å². The molecule has 2 N–H and O–H groups in total. The zero-order valence-corrected chi connectivity index (χ0v) is 16.1. The van der Waals surface area contributed by atoms with Crippen LogP contribution < -0.4 is 20.5 Å². The van der Waals surface area contributed by atoms with Gasteiger partial charge in [-0.25, -0.2) is 10.5 Å². The van der Waals surface area contributed by atoms with Crippen LogP contribution in [0, 0.1) is 0 Å². The fraction of sp³-hybridized carbons (Fsp3) is 0.238. The number of carbonyl (C=O) groups is 1. The van der Waals surface area contributed by atoms with E-state index in [0.29, 0.717) is 28.7 Å². The summed E-state index contributed by atoms with van der Waals surface area (Å²) in [7, 11) is 0. The summed E-state index contributed by atoms with van der Waals surface area (Å²) in [5, 5.41) is 11.1. The molecule has 0 unspecified atom stereocenters. The summed E-state index contributed by atoms with van der Waals surface area (Å²) in [6.07, 6.45) is 2.45. The molecule has 148 valence electrons. The molecule has 0 spiro atoms. The number of aromatic nitrogens is 2. The number of carbonyl (C=O) groups excluding carboxylic acids is 1. The molecule has 0 radical (unpaired) electrons. The van der Waals surface area contributed by atoms with Gasteiger partial charge in [-0.3, -0.25) is 9.59 Å². The molecule has 1 aromatic heterocycles. The number of hydrazone groups is 1. The van der Waals surface area contributed by atoms with Crippen molar-refractivity contribution in [3.8, 4) is 11.5 Å². The number of rotatable bonds is 5. The topological polar surface area (TPSA) is 106 Å². The largest absolute Gasteiger partial charge is 0.493 e. The molecule has 8 nitrogen and oxygen atoms in total. The van der Waals surface area contributed by atoms with Crippen molar-refractivity contribution in [2.45, 2.75) is 26.4 Å². The lowest BCUT2D eigenvalue weighted by Crippen LogP contribution is -2.22. The van der Waals surface area contributed by atoms with Crippen molar-refractivity contribution in [1.82, 2.24) is 15.6 Å². The molecule has 0 fully saturated rings. The molecule has 0 bridgehead atoms. The van der Waals surface area contributed by atoms with Crippen LogP contribution in [-0.2, 0) is 6.42 Å². The van der Waals surface area contributed by atoms with Crippen LogP contribution in [0.15, 0.2) is 46.3 Å². The van der Waals surface area contributed by atoms with Gasteiger partial charge in [-0.1, -0.05) is 18.2 Å². The second-order valence-electron chi connectivity index (χ2n) is 6.71. The molecular weight excluding hydrogens is 372 g/mol. The zero-order chi connectivity index (χ0) is 20.4.